The van der Waals surface area contributed by atoms with Crippen molar-refractivity contribution < 1.29 is 0 Å². The highest BCUT2D eigenvalue weighted by Crippen LogP contribution is 2.44. The molecule has 2 heteroatoms. The quantitative estimate of drug-likeness (QED) is 0.0654. The molecule has 0 aliphatic heterocycles. The maximum atomic E-state index is 5.14. The first-order valence-electron chi connectivity index (χ1n) is 20.8. The lowest BCUT2D eigenvalue weighted by molar-refractivity contribution is 0.321. The van der Waals surface area contributed by atoms with E-state index in [-0.39, 0.29) is 5.41 Å². The monoisotopic (exact) mass is 655 g/mol. The Hall–Kier alpha value is -2.35. The van der Waals surface area contributed by atoms with Gasteiger partial charge in [-0.05, 0) is 30.4 Å². The maximum Gasteiger partial charge on any atom is 0.112 e. The van der Waals surface area contributed by atoms with Crippen molar-refractivity contribution in [2.45, 2.75) is 199 Å². The molecule has 2 unspecified atom stereocenters. The summed E-state index contributed by atoms with van der Waals surface area (Å²) < 4.78 is 2.52. The van der Waals surface area contributed by atoms with Crippen molar-refractivity contribution >= 4 is 0 Å². The molecule has 3 rings (SSSR count). The van der Waals surface area contributed by atoms with Crippen LogP contribution in [-0.4, -0.2) is 9.55 Å². The number of aromatic nitrogens is 2. The number of aryl methyl sites for hydroxylation is 1. The molecule has 0 aliphatic carbocycles. The van der Waals surface area contributed by atoms with Crippen molar-refractivity contribution in [3.8, 4) is 0 Å². The molecule has 0 fully saturated rings. The molecule has 3 aromatic rings. The summed E-state index contributed by atoms with van der Waals surface area (Å²) in [5.74, 6) is 1.69. The van der Waals surface area contributed by atoms with Gasteiger partial charge in [0, 0.05) is 30.3 Å². The van der Waals surface area contributed by atoms with Gasteiger partial charge in [-0.3, -0.25) is 0 Å². The van der Waals surface area contributed by atoms with E-state index in [9.17, 15) is 0 Å². The van der Waals surface area contributed by atoms with Gasteiger partial charge in [0.25, 0.3) is 0 Å². The van der Waals surface area contributed by atoms with E-state index in [4.69, 9.17) is 4.98 Å². The minimum Gasteiger partial charge on any atom is -0.335 e. The first-order valence-corrected chi connectivity index (χ1v) is 20.8. The highest BCUT2D eigenvalue weighted by atomic mass is 15.1. The Bertz CT molecular complexity index is 1140. The second-order valence-electron chi connectivity index (χ2n) is 15.2. The van der Waals surface area contributed by atoms with Crippen LogP contribution in [0.25, 0.3) is 0 Å². The van der Waals surface area contributed by atoms with E-state index in [0.29, 0.717) is 5.92 Å². The van der Waals surface area contributed by atoms with Crippen LogP contribution in [0.2, 0.25) is 0 Å². The lowest BCUT2D eigenvalue weighted by Crippen LogP contribution is -2.35. The van der Waals surface area contributed by atoms with E-state index >= 15 is 0 Å². The molecule has 0 N–H and O–H groups in total. The molecule has 2 atom stereocenters. The Morgan fingerprint density at radius 3 is 1.48 bits per heavy atom. The Balaban J connectivity index is 1.54. The Kier molecular flexibility index (Phi) is 21.4. The molecule has 268 valence electrons. The van der Waals surface area contributed by atoms with Crippen molar-refractivity contribution in [1.29, 1.82) is 0 Å². The zero-order chi connectivity index (χ0) is 34.0. The van der Waals surface area contributed by atoms with Gasteiger partial charge in [-0.25, -0.2) is 4.98 Å². The van der Waals surface area contributed by atoms with Gasteiger partial charge in [-0.2, -0.15) is 0 Å². The van der Waals surface area contributed by atoms with Crippen molar-refractivity contribution in [3.05, 3.63) is 90.0 Å². The molecule has 1 heterocycles. The zero-order valence-corrected chi connectivity index (χ0v) is 31.8. The summed E-state index contributed by atoms with van der Waals surface area (Å²) in [5.41, 5.74) is 2.84. The van der Waals surface area contributed by atoms with Gasteiger partial charge in [0.1, 0.15) is 5.82 Å². The fraction of sp³-hybridized carbons (Fsp3) is 0.674. The minimum absolute atomic E-state index is 0.0264. The minimum atomic E-state index is -0.0264. The Labute approximate surface area is 297 Å². The molecular weight excluding hydrogens is 581 g/mol. The zero-order valence-electron chi connectivity index (χ0n) is 31.8. The van der Waals surface area contributed by atoms with Crippen LogP contribution in [0.4, 0.5) is 0 Å². The summed E-state index contributed by atoms with van der Waals surface area (Å²) >= 11 is 0. The van der Waals surface area contributed by atoms with Crippen LogP contribution in [0.3, 0.4) is 0 Å². The number of hydrogen-bond donors (Lipinski definition) is 0. The number of imidazole rings is 1. The summed E-state index contributed by atoms with van der Waals surface area (Å²) in [4.78, 5) is 5.14. The van der Waals surface area contributed by atoms with Gasteiger partial charge in [-0.15, -0.1) is 0 Å². The standard InChI is InChI=1S/C46H74N2/c1-4-6-8-10-12-13-14-15-16-17-18-19-20-21-23-31-37-44(45-47-38-40-48(45)39-32-24-22-11-9-7-5-2)46(3,43-35-29-26-30-36-43)41-42-33-27-25-28-34-42/h25-30,33-36,38,40,44H,4-24,31-32,37,39,41H2,1-3H3. The lowest BCUT2D eigenvalue weighted by Gasteiger charge is -2.39. The molecule has 0 radical (unpaired) electrons. The van der Waals surface area contributed by atoms with Crippen LogP contribution in [0.1, 0.15) is 198 Å². The number of benzene rings is 2. The van der Waals surface area contributed by atoms with Gasteiger partial charge in [0.05, 0.1) is 0 Å². The third-order valence-electron chi connectivity index (χ3n) is 11.0. The molecule has 0 amide bonds. The van der Waals surface area contributed by atoms with Gasteiger partial charge >= 0.3 is 0 Å². The Morgan fingerprint density at radius 1 is 0.542 bits per heavy atom. The Morgan fingerprint density at radius 2 is 0.979 bits per heavy atom. The second kappa shape index (κ2) is 25.6. The van der Waals surface area contributed by atoms with Crippen LogP contribution < -0.4 is 0 Å². The summed E-state index contributed by atoms with van der Waals surface area (Å²) in [6.07, 6.45) is 38.6. The molecule has 2 nitrogen and oxygen atoms in total. The van der Waals surface area contributed by atoms with Gasteiger partial charge in [0.15, 0.2) is 0 Å². The van der Waals surface area contributed by atoms with Gasteiger partial charge < -0.3 is 4.57 Å². The molecule has 0 saturated carbocycles. The smallest absolute Gasteiger partial charge is 0.112 e. The summed E-state index contributed by atoms with van der Waals surface area (Å²) in [6.45, 7) is 8.23. The molecular formula is C46H74N2. The molecule has 0 spiro atoms. The van der Waals surface area contributed by atoms with Crippen LogP contribution in [0.5, 0.6) is 0 Å². The lowest BCUT2D eigenvalue weighted by atomic mass is 9.66. The highest BCUT2D eigenvalue weighted by Gasteiger charge is 2.39. The summed E-state index contributed by atoms with van der Waals surface area (Å²) in [7, 11) is 0. The van der Waals surface area contributed by atoms with E-state index in [0.717, 1.165) is 13.0 Å². The van der Waals surface area contributed by atoms with Gasteiger partial charge in [0.2, 0.25) is 0 Å². The average molecular weight is 655 g/mol. The molecule has 0 saturated heterocycles. The van der Waals surface area contributed by atoms with E-state index in [1.807, 2.05) is 0 Å². The van der Waals surface area contributed by atoms with Crippen molar-refractivity contribution in [3.63, 3.8) is 0 Å². The first kappa shape index (κ1) is 40.1. The fourth-order valence-electron chi connectivity index (χ4n) is 7.95. The summed E-state index contributed by atoms with van der Waals surface area (Å²) in [5, 5.41) is 0. The first-order chi connectivity index (χ1) is 23.7. The number of unbranched alkanes of at least 4 members (excludes halogenated alkanes) is 21. The predicted octanol–water partition coefficient (Wildman–Crippen LogP) is 14.6. The third-order valence-corrected chi connectivity index (χ3v) is 11.0. The average Bonchev–Trinajstić information content (AvgIpc) is 3.58. The van der Waals surface area contributed by atoms with E-state index in [1.165, 1.54) is 171 Å². The number of hydrogen-bond acceptors (Lipinski definition) is 1. The maximum absolute atomic E-state index is 5.14. The van der Waals surface area contributed by atoms with Crippen LogP contribution in [-0.2, 0) is 18.4 Å². The molecule has 0 aliphatic rings. The highest BCUT2D eigenvalue weighted by molar-refractivity contribution is 5.33. The topological polar surface area (TPSA) is 17.8 Å². The van der Waals surface area contributed by atoms with E-state index in [1.54, 1.807) is 0 Å². The van der Waals surface area contributed by atoms with E-state index < -0.39 is 0 Å². The SMILES string of the molecule is CCCCCCCCCCCCCCCCCCC(c1nccn1CCCCCCCCC)C(C)(Cc1ccccc1)c1ccccc1. The molecule has 0 bridgehead atoms. The fourth-order valence-corrected chi connectivity index (χ4v) is 7.95. The number of rotatable bonds is 30. The number of nitrogens with zero attached hydrogens (tertiary/aromatic N) is 2. The molecule has 2 aromatic carbocycles. The molecule has 48 heavy (non-hydrogen) atoms. The van der Waals surface area contributed by atoms with Crippen molar-refractivity contribution in [2.24, 2.45) is 0 Å². The van der Waals surface area contributed by atoms with Gasteiger partial charge in [-0.1, -0.05) is 223 Å². The predicted molar refractivity (Wildman–Crippen MR) is 211 cm³/mol. The second-order valence-corrected chi connectivity index (χ2v) is 15.2. The largest absolute Gasteiger partial charge is 0.335 e. The molecule has 1 aromatic heterocycles. The van der Waals surface area contributed by atoms with E-state index in [2.05, 4.69) is 98.4 Å². The van der Waals surface area contributed by atoms with Crippen LogP contribution in [0.15, 0.2) is 73.1 Å². The van der Waals surface area contributed by atoms with Crippen molar-refractivity contribution in [2.75, 3.05) is 0 Å². The van der Waals surface area contributed by atoms with Crippen LogP contribution in [0, 0.1) is 0 Å². The van der Waals surface area contributed by atoms with Crippen LogP contribution >= 0.6 is 0 Å². The third kappa shape index (κ3) is 15.5. The van der Waals surface area contributed by atoms with Crippen molar-refractivity contribution in [1.82, 2.24) is 9.55 Å². The normalized spacial score (nSPS) is 13.5. The summed E-state index contributed by atoms with van der Waals surface area (Å²) in [6, 6.07) is 22.5.